The van der Waals surface area contributed by atoms with Crippen LogP contribution < -0.4 is 20.1 Å². The van der Waals surface area contributed by atoms with E-state index in [0.717, 1.165) is 11.6 Å². The Hall–Kier alpha value is -2.78. The molecule has 186 valence electrons. The summed E-state index contributed by atoms with van der Waals surface area (Å²) >= 11 is 0. The highest BCUT2D eigenvalue weighted by Gasteiger charge is 2.38. The van der Waals surface area contributed by atoms with E-state index in [2.05, 4.69) is 10.6 Å². The molecular weight excluding hydrogens is 447 g/mol. The van der Waals surface area contributed by atoms with Crippen LogP contribution in [-0.2, 0) is 24.1 Å². The number of rotatable bonds is 9. The molecular formula is C25H32F3N3O3. The Morgan fingerprint density at radius 3 is 2.44 bits per heavy atom. The number of benzene rings is 2. The normalized spacial score (nSPS) is 18.8. The Labute approximate surface area is 198 Å². The first-order valence-corrected chi connectivity index (χ1v) is 11.3. The van der Waals surface area contributed by atoms with Crippen molar-refractivity contribution in [1.29, 1.82) is 0 Å². The smallest absolute Gasteiger partial charge is 0.416 e. The van der Waals surface area contributed by atoms with E-state index in [1.807, 2.05) is 30.9 Å². The molecule has 34 heavy (non-hydrogen) atoms. The largest absolute Gasteiger partial charge is 0.493 e. The number of methoxy groups -OCH3 is 2. The molecule has 0 bridgehead atoms. The summed E-state index contributed by atoms with van der Waals surface area (Å²) in [4.78, 5) is 15.0. The van der Waals surface area contributed by atoms with E-state index in [0.29, 0.717) is 31.0 Å². The van der Waals surface area contributed by atoms with Crippen LogP contribution in [-0.4, -0.2) is 49.7 Å². The molecule has 2 aromatic carbocycles. The van der Waals surface area contributed by atoms with Gasteiger partial charge >= 0.3 is 6.18 Å². The summed E-state index contributed by atoms with van der Waals surface area (Å²) in [6, 6.07) is 10.5. The molecule has 1 aliphatic heterocycles. The summed E-state index contributed by atoms with van der Waals surface area (Å²) < 4.78 is 51.0. The van der Waals surface area contributed by atoms with Crippen LogP contribution in [0.15, 0.2) is 42.5 Å². The molecule has 2 atom stereocenters. The molecule has 1 saturated heterocycles. The van der Waals surface area contributed by atoms with Crippen molar-refractivity contribution in [2.75, 3.05) is 20.8 Å². The maximum absolute atomic E-state index is 13.4. The van der Waals surface area contributed by atoms with Crippen LogP contribution in [0.1, 0.15) is 37.0 Å². The van der Waals surface area contributed by atoms with Gasteiger partial charge in [0.25, 0.3) is 0 Å². The van der Waals surface area contributed by atoms with E-state index in [4.69, 9.17) is 9.47 Å². The third kappa shape index (κ3) is 6.21. The topological polar surface area (TPSA) is 62.8 Å². The molecule has 1 heterocycles. The summed E-state index contributed by atoms with van der Waals surface area (Å²) in [5, 5.41) is 6.20. The van der Waals surface area contributed by atoms with Crippen LogP contribution in [0.25, 0.3) is 0 Å². The summed E-state index contributed by atoms with van der Waals surface area (Å²) in [6.07, 6.45) is -3.93. The van der Waals surface area contributed by atoms with Gasteiger partial charge in [0.15, 0.2) is 11.5 Å². The Balaban J connectivity index is 1.78. The van der Waals surface area contributed by atoms with Crippen molar-refractivity contribution >= 4 is 5.91 Å². The lowest BCUT2D eigenvalue weighted by Crippen LogP contribution is -2.45. The average molecular weight is 480 g/mol. The first kappa shape index (κ1) is 25.8. The van der Waals surface area contributed by atoms with Crippen LogP contribution >= 0.6 is 0 Å². The number of carbonyl (C=O) groups is 1. The first-order valence-electron chi connectivity index (χ1n) is 11.3. The van der Waals surface area contributed by atoms with Crippen molar-refractivity contribution in [3.8, 4) is 11.5 Å². The third-order valence-electron chi connectivity index (χ3n) is 5.90. The molecule has 2 N–H and O–H groups in total. The van der Waals surface area contributed by atoms with E-state index in [1.165, 1.54) is 12.1 Å². The highest BCUT2D eigenvalue weighted by Crippen LogP contribution is 2.34. The molecule has 0 radical (unpaired) electrons. The van der Waals surface area contributed by atoms with Gasteiger partial charge in [0, 0.05) is 37.3 Å². The van der Waals surface area contributed by atoms with Gasteiger partial charge in [-0.1, -0.05) is 30.3 Å². The molecule has 6 nitrogen and oxygen atoms in total. The van der Waals surface area contributed by atoms with Gasteiger partial charge in [0.1, 0.15) is 0 Å². The minimum absolute atomic E-state index is 0.0219. The second kappa shape index (κ2) is 11.1. The van der Waals surface area contributed by atoms with Crippen molar-refractivity contribution in [3.05, 3.63) is 59.2 Å². The quantitative estimate of drug-likeness (QED) is 0.570. The monoisotopic (exact) mass is 479 g/mol. The molecule has 0 aliphatic carbocycles. The van der Waals surface area contributed by atoms with Crippen LogP contribution in [0, 0.1) is 0 Å². The van der Waals surface area contributed by atoms with Gasteiger partial charge in [-0.2, -0.15) is 13.2 Å². The van der Waals surface area contributed by atoms with Crippen LogP contribution in [0.3, 0.4) is 0 Å². The molecule has 1 fully saturated rings. The number of nitrogens with one attached hydrogen (secondary N) is 2. The Kier molecular flexibility index (Phi) is 8.43. The molecule has 0 aromatic heterocycles. The number of alkyl halides is 3. The second-order valence-electron chi connectivity index (χ2n) is 8.73. The Bertz CT molecular complexity index is 981. The number of ether oxygens (including phenoxy) is 2. The van der Waals surface area contributed by atoms with Crippen molar-refractivity contribution in [3.63, 3.8) is 0 Å². The predicted molar refractivity (Wildman–Crippen MR) is 124 cm³/mol. The van der Waals surface area contributed by atoms with E-state index >= 15 is 0 Å². The fraction of sp³-hybridized carbons (Fsp3) is 0.480. The molecule has 1 amide bonds. The average Bonchev–Trinajstić information content (AvgIpc) is 3.19. The summed E-state index contributed by atoms with van der Waals surface area (Å²) in [7, 11) is 3.13. The van der Waals surface area contributed by atoms with Crippen molar-refractivity contribution in [1.82, 2.24) is 15.5 Å². The lowest BCUT2D eigenvalue weighted by molar-refractivity contribution is -0.138. The SMILES string of the molecule is COc1cccc(CN2C[C@@H](NCc3ccccc3C(F)(F)F)C[C@H]2C(=O)NC(C)C)c1OC. The molecule has 0 saturated carbocycles. The molecule has 3 rings (SSSR count). The zero-order valence-electron chi connectivity index (χ0n) is 19.9. The van der Waals surface area contributed by atoms with Gasteiger partial charge in [0.2, 0.25) is 5.91 Å². The molecule has 9 heteroatoms. The number of hydrogen-bond acceptors (Lipinski definition) is 5. The van der Waals surface area contributed by atoms with Crippen molar-refractivity contribution in [2.24, 2.45) is 0 Å². The van der Waals surface area contributed by atoms with Crippen LogP contribution in [0.2, 0.25) is 0 Å². The lowest BCUT2D eigenvalue weighted by Gasteiger charge is -2.25. The van der Waals surface area contributed by atoms with E-state index < -0.39 is 17.8 Å². The van der Waals surface area contributed by atoms with E-state index in [9.17, 15) is 18.0 Å². The van der Waals surface area contributed by atoms with Crippen LogP contribution in [0.5, 0.6) is 11.5 Å². The minimum Gasteiger partial charge on any atom is -0.493 e. The maximum Gasteiger partial charge on any atom is 0.416 e. The molecule has 2 aromatic rings. The van der Waals surface area contributed by atoms with E-state index in [-0.39, 0.29) is 30.1 Å². The fourth-order valence-electron chi connectivity index (χ4n) is 4.38. The second-order valence-corrected chi connectivity index (χ2v) is 8.73. The van der Waals surface area contributed by atoms with Crippen molar-refractivity contribution in [2.45, 2.75) is 57.7 Å². The van der Waals surface area contributed by atoms with Crippen LogP contribution in [0.4, 0.5) is 13.2 Å². The number of para-hydroxylation sites is 1. The lowest BCUT2D eigenvalue weighted by atomic mass is 10.1. The summed E-state index contributed by atoms with van der Waals surface area (Å²) in [5.74, 6) is 1.10. The maximum atomic E-state index is 13.4. The van der Waals surface area contributed by atoms with Gasteiger partial charge < -0.3 is 20.1 Å². The number of hydrogen-bond donors (Lipinski definition) is 2. The Morgan fingerprint density at radius 1 is 1.09 bits per heavy atom. The Morgan fingerprint density at radius 2 is 1.79 bits per heavy atom. The molecule has 0 unspecified atom stereocenters. The van der Waals surface area contributed by atoms with Gasteiger partial charge in [-0.15, -0.1) is 0 Å². The minimum atomic E-state index is -4.41. The molecule has 1 aliphatic rings. The number of amides is 1. The number of nitrogens with zero attached hydrogens (tertiary/aromatic N) is 1. The summed E-state index contributed by atoms with van der Waals surface area (Å²) in [6.45, 7) is 4.80. The van der Waals surface area contributed by atoms with Gasteiger partial charge in [0.05, 0.1) is 25.8 Å². The van der Waals surface area contributed by atoms with Gasteiger partial charge in [-0.05, 0) is 38.0 Å². The fourth-order valence-corrected chi connectivity index (χ4v) is 4.38. The number of carbonyl (C=O) groups excluding carboxylic acids is 1. The highest BCUT2D eigenvalue weighted by molar-refractivity contribution is 5.82. The predicted octanol–water partition coefficient (Wildman–Crippen LogP) is 3.98. The summed E-state index contributed by atoms with van der Waals surface area (Å²) in [5.41, 5.74) is 0.408. The zero-order chi connectivity index (χ0) is 24.9. The van der Waals surface area contributed by atoms with Gasteiger partial charge in [-0.3, -0.25) is 9.69 Å². The number of halogens is 3. The third-order valence-corrected chi connectivity index (χ3v) is 5.90. The number of likely N-dealkylation sites (tertiary alicyclic amines) is 1. The van der Waals surface area contributed by atoms with Crippen molar-refractivity contribution < 1.29 is 27.4 Å². The highest BCUT2D eigenvalue weighted by atomic mass is 19.4. The standard InChI is InChI=1S/C25H32F3N3O3/c1-16(2)30-24(32)21-12-19(29-13-17-8-5-6-10-20(17)25(26,27)28)15-31(21)14-18-9-7-11-22(33-3)23(18)34-4/h5-11,16,19,21,29H,12-15H2,1-4H3,(H,30,32)/t19-,21-/m0/s1. The first-order chi connectivity index (χ1) is 16.1. The molecule has 0 spiro atoms. The zero-order valence-corrected chi connectivity index (χ0v) is 19.9. The van der Waals surface area contributed by atoms with E-state index in [1.54, 1.807) is 26.4 Å². The van der Waals surface area contributed by atoms with Gasteiger partial charge in [-0.25, -0.2) is 0 Å².